The third-order valence-corrected chi connectivity index (χ3v) is 2.15. The highest BCUT2D eigenvalue weighted by atomic mass is 19.4. The van der Waals surface area contributed by atoms with Crippen molar-refractivity contribution in [3.8, 4) is 5.82 Å². The van der Waals surface area contributed by atoms with Crippen LogP contribution in [0.2, 0.25) is 0 Å². The van der Waals surface area contributed by atoms with Gasteiger partial charge in [0.15, 0.2) is 5.69 Å². The number of rotatable bonds is 2. The number of imidazole rings is 1. The third kappa shape index (κ3) is 2.17. The number of carboxylic acids is 1. The van der Waals surface area contributed by atoms with Crippen molar-refractivity contribution >= 4 is 5.97 Å². The van der Waals surface area contributed by atoms with Crippen molar-refractivity contribution in [2.75, 3.05) is 0 Å². The molecule has 0 aromatic carbocycles. The predicted octanol–water partition coefficient (Wildman–Crippen LogP) is 1.98. The van der Waals surface area contributed by atoms with Crippen LogP contribution in [0.3, 0.4) is 0 Å². The molecule has 5 nitrogen and oxygen atoms in total. The van der Waals surface area contributed by atoms with Crippen LogP contribution in [-0.4, -0.2) is 25.6 Å². The van der Waals surface area contributed by atoms with Crippen LogP contribution in [0, 0.1) is 0 Å². The van der Waals surface area contributed by atoms with Gasteiger partial charge in [-0.25, -0.2) is 14.8 Å². The summed E-state index contributed by atoms with van der Waals surface area (Å²) in [5.41, 5.74) is -2.31. The third-order valence-electron chi connectivity index (χ3n) is 2.15. The van der Waals surface area contributed by atoms with Gasteiger partial charge in [-0.1, -0.05) is 0 Å². The number of hydrogen-bond acceptors (Lipinski definition) is 3. The Balaban J connectivity index is 2.60. The van der Waals surface area contributed by atoms with Crippen molar-refractivity contribution in [1.82, 2.24) is 14.5 Å². The van der Waals surface area contributed by atoms with Gasteiger partial charge in [0.25, 0.3) is 0 Å². The van der Waals surface area contributed by atoms with E-state index in [9.17, 15) is 18.0 Å². The van der Waals surface area contributed by atoms with Crippen LogP contribution in [0.15, 0.2) is 30.9 Å². The SMILES string of the molecule is O=C(O)c1ccc(-n2ccnc2)nc1C(F)(F)F. The number of halogens is 3. The molecule has 0 atom stereocenters. The van der Waals surface area contributed by atoms with Gasteiger partial charge < -0.3 is 5.11 Å². The molecule has 18 heavy (non-hydrogen) atoms. The lowest BCUT2D eigenvalue weighted by Gasteiger charge is -2.11. The molecule has 0 aliphatic heterocycles. The quantitative estimate of drug-likeness (QED) is 0.893. The summed E-state index contributed by atoms with van der Waals surface area (Å²) in [4.78, 5) is 17.7. The van der Waals surface area contributed by atoms with Crippen molar-refractivity contribution in [1.29, 1.82) is 0 Å². The lowest BCUT2D eigenvalue weighted by Crippen LogP contribution is -2.16. The number of nitrogens with zero attached hydrogens (tertiary/aromatic N) is 3. The average Bonchev–Trinajstić information content (AvgIpc) is 2.80. The van der Waals surface area contributed by atoms with Gasteiger partial charge in [0, 0.05) is 12.4 Å². The summed E-state index contributed by atoms with van der Waals surface area (Å²) in [6.07, 6.45) is -0.782. The van der Waals surface area contributed by atoms with Crippen molar-refractivity contribution in [3.63, 3.8) is 0 Å². The molecule has 0 spiro atoms. The Bertz CT molecular complexity index is 579. The number of hydrogen-bond donors (Lipinski definition) is 1. The molecule has 2 aromatic rings. The van der Waals surface area contributed by atoms with E-state index in [1.165, 1.54) is 29.4 Å². The normalized spacial score (nSPS) is 11.5. The fourth-order valence-corrected chi connectivity index (χ4v) is 1.38. The summed E-state index contributed by atoms with van der Waals surface area (Å²) >= 11 is 0. The Morgan fingerprint density at radius 2 is 2.06 bits per heavy atom. The summed E-state index contributed by atoms with van der Waals surface area (Å²) in [6, 6.07) is 2.05. The Hall–Kier alpha value is -2.38. The van der Waals surface area contributed by atoms with Crippen LogP contribution < -0.4 is 0 Å². The molecule has 2 heterocycles. The maximum Gasteiger partial charge on any atom is 0.434 e. The molecule has 0 saturated carbocycles. The Kier molecular flexibility index (Phi) is 2.77. The van der Waals surface area contributed by atoms with E-state index in [0.29, 0.717) is 0 Å². The highest BCUT2D eigenvalue weighted by Crippen LogP contribution is 2.31. The number of pyridine rings is 1. The number of aromatic nitrogens is 3. The van der Waals surface area contributed by atoms with Crippen molar-refractivity contribution in [3.05, 3.63) is 42.1 Å². The van der Waals surface area contributed by atoms with Crippen molar-refractivity contribution < 1.29 is 23.1 Å². The van der Waals surface area contributed by atoms with Crippen LogP contribution in [0.5, 0.6) is 0 Å². The van der Waals surface area contributed by atoms with Gasteiger partial charge in [-0.2, -0.15) is 13.2 Å². The van der Waals surface area contributed by atoms with E-state index < -0.39 is 23.4 Å². The average molecular weight is 257 g/mol. The smallest absolute Gasteiger partial charge is 0.434 e. The molecule has 0 aliphatic carbocycles. The highest BCUT2D eigenvalue weighted by molar-refractivity contribution is 5.89. The minimum absolute atomic E-state index is 0.0511. The fraction of sp³-hybridized carbons (Fsp3) is 0.100. The molecule has 94 valence electrons. The lowest BCUT2D eigenvalue weighted by atomic mass is 10.2. The van der Waals surface area contributed by atoms with E-state index in [2.05, 4.69) is 9.97 Å². The molecule has 2 aromatic heterocycles. The fourth-order valence-electron chi connectivity index (χ4n) is 1.38. The molecule has 0 aliphatic rings. The van der Waals surface area contributed by atoms with E-state index in [0.717, 1.165) is 6.07 Å². The van der Waals surface area contributed by atoms with Crippen molar-refractivity contribution in [2.45, 2.75) is 6.18 Å². The number of aromatic carboxylic acids is 1. The molecule has 1 N–H and O–H groups in total. The van der Waals surface area contributed by atoms with Crippen LogP contribution in [0.4, 0.5) is 13.2 Å². The molecule has 2 rings (SSSR count). The Morgan fingerprint density at radius 1 is 1.33 bits per heavy atom. The van der Waals surface area contributed by atoms with Gasteiger partial charge in [-0.05, 0) is 12.1 Å². The summed E-state index contributed by atoms with van der Waals surface area (Å²) in [7, 11) is 0. The highest BCUT2D eigenvalue weighted by Gasteiger charge is 2.37. The minimum Gasteiger partial charge on any atom is -0.478 e. The summed E-state index contributed by atoms with van der Waals surface area (Å²) in [6.45, 7) is 0. The number of carbonyl (C=O) groups is 1. The van der Waals surface area contributed by atoms with E-state index in [4.69, 9.17) is 5.11 Å². The van der Waals surface area contributed by atoms with Crippen LogP contribution >= 0.6 is 0 Å². The second-order valence-corrected chi connectivity index (χ2v) is 3.34. The summed E-state index contributed by atoms with van der Waals surface area (Å²) in [5.74, 6) is -1.73. The molecule has 0 fully saturated rings. The van der Waals surface area contributed by atoms with Crippen LogP contribution in [0.25, 0.3) is 5.82 Å². The zero-order chi connectivity index (χ0) is 13.3. The molecule has 0 radical (unpaired) electrons. The molecule has 0 unspecified atom stereocenters. The Labute approximate surface area is 98.5 Å². The zero-order valence-electron chi connectivity index (χ0n) is 8.72. The molecule has 0 bridgehead atoms. The topological polar surface area (TPSA) is 68.0 Å². The van der Waals surface area contributed by atoms with Crippen molar-refractivity contribution in [2.24, 2.45) is 0 Å². The molecular formula is C10H6F3N3O2. The number of carboxylic acid groups (broad SMARTS) is 1. The largest absolute Gasteiger partial charge is 0.478 e. The van der Waals surface area contributed by atoms with E-state index in [-0.39, 0.29) is 5.82 Å². The van der Waals surface area contributed by atoms with Crippen LogP contribution in [-0.2, 0) is 6.18 Å². The first-order valence-corrected chi connectivity index (χ1v) is 4.69. The van der Waals surface area contributed by atoms with Gasteiger partial charge >= 0.3 is 12.1 Å². The van der Waals surface area contributed by atoms with Gasteiger partial charge in [0.2, 0.25) is 0 Å². The molecule has 0 amide bonds. The van der Waals surface area contributed by atoms with E-state index in [1.807, 2.05) is 0 Å². The lowest BCUT2D eigenvalue weighted by molar-refractivity contribution is -0.141. The summed E-state index contributed by atoms with van der Waals surface area (Å²) < 4.78 is 39.3. The minimum atomic E-state index is -4.83. The summed E-state index contributed by atoms with van der Waals surface area (Å²) in [5, 5.41) is 8.69. The van der Waals surface area contributed by atoms with E-state index >= 15 is 0 Å². The monoisotopic (exact) mass is 257 g/mol. The first kappa shape index (κ1) is 12.1. The maximum atomic E-state index is 12.7. The molecule has 0 saturated heterocycles. The standard InChI is InChI=1S/C10H6F3N3O2/c11-10(12,13)8-6(9(17)18)1-2-7(15-8)16-4-3-14-5-16/h1-5H,(H,17,18). The second-order valence-electron chi connectivity index (χ2n) is 3.34. The van der Waals surface area contributed by atoms with Gasteiger partial charge in [-0.15, -0.1) is 0 Å². The Morgan fingerprint density at radius 3 is 2.56 bits per heavy atom. The van der Waals surface area contributed by atoms with E-state index in [1.54, 1.807) is 0 Å². The molecule has 8 heteroatoms. The van der Waals surface area contributed by atoms with Gasteiger partial charge in [0.05, 0.1) is 5.56 Å². The first-order chi connectivity index (χ1) is 8.39. The maximum absolute atomic E-state index is 12.7. The molecular weight excluding hydrogens is 251 g/mol. The first-order valence-electron chi connectivity index (χ1n) is 4.69. The zero-order valence-corrected chi connectivity index (χ0v) is 8.72. The predicted molar refractivity (Wildman–Crippen MR) is 53.3 cm³/mol. The van der Waals surface area contributed by atoms with Crippen LogP contribution in [0.1, 0.15) is 16.1 Å². The van der Waals surface area contributed by atoms with Gasteiger partial charge in [0.1, 0.15) is 12.1 Å². The number of alkyl halides is 3. The van der Waals surface area contributed by atoms with Gasteiger partial charge in [-0.3, -0.25) is 4.57 Å². The second kappa shape index (κ2) is 4.13.